The number of hydrogen-bond acceptors (Lipinski definition) is 3. The second kappa shape index (κ2) is 10.2. The number of morpholine rings is 1. The molecule has 0 aromatic heterocycles. The average Bonchev–Trinajstić information content (AvgIpc) is 2.60. The second-order valence-corrected chi connectivity index (χ2v) is 6.35. The van der Waals surface area contributed by atoms with Crippen LogP contribution in [0.5, 0.6) is 0 Å². The Kier molecular flexibility index (Phi) is 8.28. The summed E-state index contributed by atoms with van der Waals surface area (Å²) in [5, 5.41) is 3.30. The highest BCUT2D eigenvalue weighted by Crippen LogP contribution is 2.27. The number of hydrogen-bond donors (Lipinski definition) is 2. The van der Waals surface area contributed by atoms with Gasteiger partial charge in [0.15, 0.2) is 5.96 Å². The number of benzene rings is 1. The third-order valence-electron chi connectivity index (χ3n) is 4.68. The quantitative estimate of drug-likeness (QED) is 0.317. The molecule has 0 saturated carbocycles. The molecule has 2 aliphatic rings. The lowest BCUT2D eigenvalue weighted by atomic mass is 9.90. The SMILES string of the molecule is I.NC(=NCCCN1CCOCC1)Nc1cccc2c1CCCC2. The number of nitrogens with zero attached hydrogens (tertiary/aromatic N) is 2. The van der Waals surface area contributed by atoms with Crippen LogP contribution in [0.2, 0.25) is 0 Å². The first-order chi connectivity index (χ1) is 11.3. The summed E-state index contributed by atoms with van der Waals surface area (Å²) >= 11 is 0. The first-order valence-electron chi connectivity index (χ1n) is 8.81. The van der Waals surface area contributed by atoms with E-state index >= 15 is 0 Å². The monoisotopic (exact) mass is 444 g/mol. The first kappa shape index (κ1) is 19.5. The number of aryl methyl sites for hydroxylation is 1. The van der Waals surface area contributed by atoms with Gasteiger partial charge in [0.25, 0.3) is 0 Å². The molecule has 3 rings (SSSR count). The molecule has 0 spiro atoms. The number of aliphatic imine (C=N–C) groups is 1. The number of rotatable bonds is 5. The van der Waals surface area contributed by atoms with Crippen molar-refractivity contribution in [1.82, 2.24) is 4.90 Å². The van der Waals surface area contributed by atoms with Crippen molar-refractivity contribution < 1.29 is 4.74 Å². The van der Waals surface area contributed by atoms with Gasteiger partial charge < -0.3 is 15.8 Å². The lowest BCUT2D eigenvalue weighted by Gasteiger charge is -2.26. The van der Waals surface area contributed by atoms with E-state index in [2.05, 4.69) is 33.4 Å². The highest BCUT2D eigenvalue weighted by atomic mass is 127. The fourth-order valence-electron chi connectivity index (χ4n) is 3.39. The second-order valence-electron chi connectivity index (χ2n) is 6.35. The number of halogens is 1. The van der Waals surface area contributed by atoms with Gasteiger partial charge in [-0.15, -0.1) is 24.0 Å². The molecule has 134 valence electrons. The molecule has 1 saturated heterocycles. The van der Waals surface area contributed by atoms with Crippen LogP contribution in [0.3, 0.4) is 0 Å². The number of anilines is 1. The molecule has 0 bridgehead atoms. The summed E-state index contributed by atoms with van der Waals surface area (Å²) in [6.07, 6.45) is 5.92. The molecule has 3 N–H and O–H groups in total. The van der Waals surface area contributed by atoms with E-state index in [1.807, 2.05) is 0 Å². The fourth-order valence-corrected chi connectivity index (χ4v) is 3.39. The van der Waals surface area contributed by atoms with Crippen LogP contribution in [0.25, 0.3) is 0 Å². The zero-order valence-electron chi connectivity index (χ0n) is 14.3. The third-order valence-corrected chi connectivity index (χ3v) is 4.68. The van der Waals surface area contributed by atoms with Crippen molar-refractivity contribution in [3.05, 3.63) is 29.3 Å². The van der Waals surface area contributed by atoms with Crippen LogP contribution in [-0.4, -0.2) is 50.3 Å². The number of nitrogens with one attached hydrogen (secondary N) is 1. The molecule has 1 aliphatic heterocycles. The van der Waals surface area contributed by atoms with Crippen LogP contribution in [0.15, 0.2) is 23.2 Å². The fraction of sp³-hybridized carbons (Fsp3) is 0.611. The lowest BCUT2D eigenvalue weighted by Crippen LogP contribution is -2.37. The lowest BCUT2D eigenvalue weighted by molar-refractivity contribution is 0.0377. The van der Waals surface area contributed by atoms with Crippen molar-refractivity contribution >= 4 is 35.6 Å². The van der Waals surface area contributed by atoms with Crippen LogP contribution >= 0.6 is 24.0 Å². The zero-order chi connectivity index (χ0) is 15.9. The maximum Gasteiger partial charge on any atom is 0.193 e. The number of fused-ring (bicyclic) bond motifs is 1. The smallest absolute Gasteiger partial charge is 0.193 e. The molecular weight excluding hydrogens is 415 g/mol. The van der Waals surface area contributed by atoms with Crippen molar-refractivity contribution in [2.75, 3.05) is 44.7 Å². The molecule has 0 radical (unpaired) electrons. The summed E-state index contributed by atoms with van der Waals surface area (Å²) in [6.45, 7) is 5.62. The van der Waals surface area contributed by atoms with Crippen LogP contribution in [0.4, 0.5) is 5.69 Å². The van der Waals surface area contributed by atoms with Gasteiger partial charge in [-0.05, 0) is 49.3 Å². The molecule has 1 fully saturated rings. The molecule has 1 aliphatic carbocycles. The highest BCUT2D eigenvalue weighted by Gasteiger charge is 2.13. The Morgan fingerprint density at radius 2 is 2.00 bits per heavy atom. The number of guanidine groups is 1. The van der Waals surface area contributed by atoms with Gasteiger partial charge in [0.1, 0.15) is 0 Å². The van der Waals surface area contributed by atoms with Crippen LogP contribution in [0, 0.1) is 0 Å². The van der Waals surface area contributed by atoms with E-state index < -0.39 is 0 Å². The Balaban J connectivity index is 0.00000208. The Morgan fingerprint density at radius 1 is 1.21 bits per heavy atom. The Bertz CT molecular complexity index is 544. The van der Waals surface area contributed by atoms with Crippen LogP contribution in [0.1, 0.15) is 30.4 Å². The van der Waals surface area contributed by atoms with Gasteiger partial charge >= 0.3 is 0 Å². The number of nitrogens with two attached hydrogens (primary N) is 1. The predicted molar refractivity (Wildman–Crippen MR) is 110 cm³/mol. The largest absolute Gasteiger partial charge is 0.379 e. The maximum atomic E-state index is 6.06. The summed E-state index contributed by atoms with van der Waals surface area (Å²) in [6, 6.07) is 6.45. The van der Waals surface area contributed by atoms with Gasteiger partial charge in [0, 0.05) is 31.9 Å². The normalized spacial score (nSPS) is 18.6. The van der Waals surface area contributed by atoms with Gasteiger partial charge in [-0.25, -0.2) is 0 Å². The van der Waals surface area contributed by atoms with Gasteiger partial charge in [-0.1, -0.05) is 12.1 Å². The molecule has 6 heteroatoms. The van der Waals surface area contributed by atoms with E-state index in [0.717, 1.165) is 57.9 Å². The van der Waals surface area contributed by atoms with E-state index in [1.165, 1.54) is 30.4 Å². The molecule has 1 aromatic rings. The predicted octanol–water partition coefficient (Wildman–Crippen LogP) is 2.63. The molecule has 0 amide bonds. The maximum absolute atomic E-state index is 6.06. The molecule has 0 atom stereocenters. The van der Waals surface area contributed by atoms with E-state index in [-0.39, 0.29) is 24.0 Å². The highest BCUT2D eigenvalue weighted by molar-refractivity contribution is 14.0. The van der Waals surface area contributed by atoms with Crippen molar-refractivity contribution in [2.24, 2.45) is 10.7 Å². The van der Waals surface area contributed by atoms with E-state index in [1.54, 1.807) is 0 Å². The molecule has 1 heterocycles. The average molecular weight is 444 g/mol. The summed E-state index contributed by atoms with van der Waals surface area (Å²) in [5.41, 5.74) is 10.1. The molecule has 24 heavy (non-hydrogen) atoms. The zero-order valence-corrected chi connectivity index (χ0v) is 16.6. The molecule has 0 unspecified atom stereocenters. The molecule has 5 nitrogen and oxygen atoms in total. The van der Waals surface area contributed by atoms with E-state index in [9.17, 15) is 0 Å². The molecule has 1 aromatic carbocycles. The van der Waals surface area contributed by atoms with Gasteiger partial charge in [0.2, 0.25) is 0 Å². The summed E-state index contributed by atoms with van der Waals surface area (Å²) in [5.74, 6) is 0.533. The van der Waals surface area contributed by atoms with Gasteiger partial charge in [-0.3, -0.25) is 9.89 Å². The van der Waals surface area contributed by atoms with Crippen molar-refractivity contribution in [1.29, 1.82) is 0 Å². The van der Waals surface area contributed by atoms with Crippen LogP contribution in [-0.2, 0) is 17.6 Å². The summed E-state index contributed by atoms with van der Waals surface area (Å²) in [7, 11) is 0. The van der Waals surface area contributed by atoms with Crippen LogP contribution < -0.4 is 11.1 Å². The van der Waals surface area contributed by atoms with Crippen molar-refractivity contribution in [3.63, 3.8) is 0 Å². The summed E-state index contributed by atoms with van der Waals surface area (Å²) in [4.78, 5) is 6.90. The third kappa shape index (κ3) is 5.60. The minimum absolute atomic E-state index is 0. The Hall–Kier alpha value is -0.860. The number of ether oxygens (including phenoxy) is 1. The topological polar surface area (TPSA) is 62.9 Å². The van der Waals surface area contributed by atoms with Gasteiger partial charge in [-0.2, -0.15) is 0 Å². The first-order valence-corrected chi connectivity index (χ1v) is 8.81. The van der Waals surface area contributed by atoms with E-state index in [0.29, 0.717) is 5.96 Å². The Labute approximate surface area is 162 Å². The van der Waals surface area contributed by atoms with Crippen molar-refractivity contribution in [3.8, 4) is 0 Å². The van der Waals surface area contributed by atoms with Gasteiger partial charge in [0.05, 0.1) is 13.2 Å². The molecular formula is C18H29IN4O. The summed E-state index contributed by atoms with van der Waals surface area (Å²) < 4.78 is 5.36. The minimum Gasteiger partial charge on any atom is -0.379 e. The minimum atomic E-state index is 0. The standard InChI is InChI=1S/C18H28N4O.HI/c19-18(20-9-4-10-22-11-13-23-14-12-22)21-17-8-3-6-15-5-1-2-7-16(15)17;/h3,6,8H,1-2,4-5,7,9-14H2,(H3,19,20,21);1H. The van der Waals surface area contributed by atoms with E-state index in [4.69, 9.17) is 10.5 Å². The van der Waals surface area contributed by atoms with Crippen molar-refractivity contribution in [2.45, 2.75) is 32.1 Å². The Morgan fingerprint density at radius 3 is 2.83 bits per heavy atom.